The van der Waals surface area contributed by atoms with Crippen LogP contribution in [0.2, 0.25) is 0 Å². The van der Waals surface area contributed by atoms with Crippen molar-refractivity contribution >= 4 is 21.6 Å². The summed E-state index contributed by atoms with van der Waals surface area (Å²) in [6.07, 6.45) is 0. The standard InChI is InChI=1S/C14H13BrFNO2/c1-8-4-11(16)10(15)6-12(8)17-7-9-2-3-13(18)14(19)5-9/h2-6,17-19H,7H2,1H3. The summed E-state index contributed by atoms with van der Waals surface area (Å²) >= 11 is 3.14. The molecule has 0 radical (unpaired) electrons. The number of phenolic OH excluding ortho intramolecular Hbond substituents is 2. The average Bonchev–Trinajstić information content (AvgIpc) is 2.36. The largest absolute Gasteiger partial charge is 0.504 e. The zero-order valence-corrected chi connectivity index (χ0v) is 11.8. The van der Waals surface area contributed by atoms with Crippen LogP contribution in [0.5, 0.6) is 11.5 Å². The van der Waals surface area contributed by atoms with Gasteiger partial charge in [-0.15, -0.1) is 0 Å². The van der Waals surface area contributed by atoms with Gasteiger partial charge in [-0.05, 0) is 58.2 Å². The van der Waals surface area contributed by atoms with Crippen LogP contribution in [0.3, 0.4) is 0 Å². The monoisotopic (exact) mass is 325 g/mol. The van der Waals surface area contributed by atoms with E-state index in [1.54, 1.807) is 12.1 Å². The van der Waals surface area contributed by atoms with Gasteiger partial charge in [0, 0.05) is 12.2 Å². The molecule has 2 aromatic carbocycles. The summed E-state index contributed by atoms with van der Waals surface area (Å²) in [5, 5.41) is 21.8. The molecule has 2 rings (SSSR count). The van der Waals surface area contributed by atoms with Crippen LogP contribution in [0.4, 0.5) is 10.1 Å². The number of halogens is 2. The Hall–Kier alpha value is -1.75. The third-order valence-corrected chi connectivity index (χ3v) is 3.40. The SMILES string of the molecule is Cc1cc(F)c(Br)cc1NCc1ccc(O)c(O)c1. The number of hydrogen-bond acceptors (Lipinski definition) is 3. The fourth-order valence-electron chi connectivity index (χ4n) is 1.71. The highest BCUT2D eigenvalue weighted by atomic mass is 79.9. The molecule has 0 aliphatic rings. The van der Waals surface area contributed by atoms with Crippen molar-refractivity contribution in [1.29, 1.82) is 0 Å². The summed E-state index contributed by atoms with van der Waals surface area (Å²) in [5.41, 5.74) is 2.42. The van der Waals surface area contributed by atoms with E-state index in [1.807, 2.05) is 6.92 Å². The van der Waals surface area contributed by atoms with Crippen LogP contribution in [0, 0.1) is 12.7 Å². The molecule has 19 heavy (non-hydrogen) atoms. The minimum atomic E-state index is -0.301. The molecule has 0 spiro atoms. The Labute approximate surface area is 118 Å². The van der Waals surface area contributed by atoms with Crippen molar-refractivity contribution in [2.45, 2.75) is 13.5 Å². The van der Waals surface area contributed by atoms with Gasteiger partial charge >= 0.3 is 0 Å². The summed E-state index contributed by atoms with van der Waals surface area (Å²) in [6, 6.07) is 7.73. The molecule has 5 heteroatoms. The van der Waals surface area contributed by atoms with Gasteiger partial charge in [0.05, 0.1) is 4.47 Å². The van der Waals surface area contributed by atoms with Gasteiger partial charge in [0.2, 0.25) is 0 Å². The van der Waals surface area contributed by atoms with Gasteiger partial charge in [-0.2, -0.15) is 0 Å². The van der Waals surface area contributed by atoms with E-state index in [-0.39, 0.29) is 17.3 Å². The third-order valence-electron chi connectivity index (χ3n) is 2.79. The predicted octanol–water partition coefficient (Wildman–Crippen LogP) is 3.92. The lowest BCUT2D eigenvalue weighted by molar-refractivity contribution is 0.403. The van der Waals surface area contributed by atoms with E-state index in [9.17, 15) is 14.6 Å². The summed E-state index contributed by atoms with van der Waals surface area (Å²) in [5.74, 6) is -0.605. The molecule has 0 bridgehead atoms. The van der Waals surface area contributed by atoms with Crippen molar-refractivity contribution < 1.29 is 14.6 Å². The van der Waals surface area contributed by atoms with Crippen LogP contribution in [0.1, 0.15) is 11.1 Å². The number of aromatic hydroxyl groups is 2. The maximum Gasteiger partial charge on any atom is 0.157 e. The van der Waals surface area contributed by atoms with E-state index in [2.05, 4.69) is 21.2 Å². The van der Waals surface area contributed by atoms with Crippen molar-refractivity contribution in [3.05, 3.63) is 51.7 Å². The maximum atomic E-state index is 13.3. The maximum absolute atomic E-state index is 13.3. The molecule has 0 saturated carbocycles. The van der Waals surface area contributed by atoms with E-state index in [0.717, 1.165) is 16.8 Å². The molecule has 100 valence electrons. The second-order valence-corrected chi connectivity index (χ2v) is 5.11. The van der Waals surface area contributed by atoms with Gasteiger partial charge in [-0.1, -0.05) is 6.07 Å². The Morgan fingerprint density at radius 3 is 2.58 bits per heavy atom. The second-order valence-electron chi connectivity index (χ2n) is 4.26. The van der Waals surface area contributed by atoms with Crippen LogP contribution in [-0.2, 0) is 6.54 Å². The summed E-state index contributed by atoms with van der Waals surface area (Å²) in [6.45, 7) is 2.28. The Morgan fingerprint density at radius 2 is 1.89 bits per heavy atom. The van der Waals surface area contributed by atoms with Gasteiger partial charge in [0.25, 0.3) is 0 Å². The first-order valence-electron chi connectivity index (χ1n) is 5.68. The normalized spacial score (nSPS) is 10.5. The van der Waals surface area contributed by atoms with Crippen molar-refractivity contribution in [3.8, 4) is 11.5 Å². The molecule has 0 aliphatic heterocycles. The molecular weight excluding hydrogens is 313 g/mol. The average molecular weight is 326 g/mol. The zero-order valence-electron chi connectivity index (χ0n) is 10.2. The van der Waals surface area contributed by atoms with Gasteiger partial charge in [-0.3, -0.25) is 0 Å². The Morgan fingerprint density at radius 1 is 1.16 bits per heavy atom. The molecule has 0 fully saturated rings. The number of benzene rings is 2. The van der Waals surface area contributed by atoms with Crippen LogP contribution in [-0.4, -0.2) is 10.2 Å². The van der Waals surface area contributed by atoms with E-state index in [1.165, 1.54) is 18.2 Å². The number of aryl methyl sites for hydroxylation is 1. The zero-order chi connectivity index (χ0) is 14.0. The van der Waals surface area contributed by atoms with Gasteiger partial charge in [-0.25, -0.2) is 4.39 Å². The summed E-state index contributed by atoms with van der Waals surface area (Å²) < 4.78 is 13.7. The van der Waals surface area contributed by atoms with Crippen molar-refractivity contribution in [2.24, 2.45) is 0 Å². The third kappa shape index (κ3) is 3.17. The smallest absolute Gasteiger partial charge is 0.157 e. The van der Waals surface area contributed by atoms with Crippen molar-refractivity contribution in [2.75, 3.05) is 5.32 Å². The Bertz CT molecular complexity index is 617. The molecule has 2 aromatic rings. The molecule has 0 unspecified atom stereocenters. The molecule has 0 aliphatic carbocycles. The highest BCUT2D eigenvalue weighted by Gasteiger charge is 2.06. The summed E-state index contributed by atoms with van der Waals surface area (Å²) in [7, 11) is 0. The highest BCUT2D eigenvalue weighted by Crippen LogP contribution is 2.27. The Balaban J connectivity index is 2.14. The topological polar surface area (TPSA) is 52.5 Å². The van der Waals surface area contributed by atoms with Gasteiger partial charge in [0.1, 0.15) is 5.82 Å². The quantitative estimate of drug-likeness (QED) is 0.750. The van der Waals surface area contributed by atoms with Gasteiger partial charge < -0.3 is 15.5 Å². The number of rotatable bonds is 3. The van der Waals surface area contributed by atoms with E-state index in [4.69, 9.17) is 0 Å². The predicted molar refractivity (Wildman–Crippen MR) is 75.9 cm³/mol. The van der Waals surface area contributed by atoms with E-state index >= 15 is 0 Å². The Kier molecular flexibility index (Phi) is 3.95. The van der Waals surface area contributed by atoms with Crippen LogP contribution in [0.25, 0.3) is 0 Å². The second kappa shape index (κ2) is 5.48. The molecule has 0 saturated heterocycles. The number of anilines is 1. The highest BCUT2D eigenvalue weighted by molar-refractivity contribution is 9.10. The molecule has 3 N–H and O–H groups in total. The van der Waals surface area contributed by atoms with Crippen molar-refractivity contribution in [1.82, 2.24) is 0 Å². The molecule has 0 heterocycles. The first-order chi connectivity index (χ1) is 8.97. The van der Waals surface area contributed by atoms with Gasteiger partial charge in [0.15, 0.2) is 11.5 Å². The first-order valence-corrected chi connectivity index (χ1v) is 6.47. The molecule has 0 aromatic heterocycles. The molecule has 0 amide bonds. The number of nitrogens with one attached hydrogen (secondary N) is 1. The van der Waals surface area contributed by atoms with Crippen LogP contribution >= 0.6 is 15.9 Å². The molecule has 3 nitrogen and oxygen atoms in total. The lowest BCUT2D eigenvalue weighted by Crippen LogP contribution is -2.01. The van der Waals surface area contributed by atoms with Crippen LogP contribution in [0.15, 0.2) is 34.8 Å². The minimum Gasteiger partial charge on any atom is -0.504 e. The fourth-order valence-corrected chi connectivity index (χ4v) is 2.06. The molecular formula is C14H13BrFNO2. The van der Waals surface area contributed by atoms with E-state index < -0.39 is 0 Å². The summed E-state index contributed by atoms with van der Waals surface area (Å²) in [4.78, 5) is 0. The number of phenols is 2. The molecule has 0 atom stereocenters. The minimum absolute atomic E-state index is 0.149. The lowest BCUT2D eigenvalue weighted by Gasteiger charge is -2.11. The van der Waals surface area contributed by atoms with Crippen LogP contribution < -0.4 is 5.32 Å². The van der Waals surface area contributed by atoms with E-state index in [0.29, 0.717) is 11.0 Å². The number of hydrogen-bond donors (Lipinski definition) is 3. The first kappa shape index (κ1) is 13.7. The fraction of sp³-hybridized carbons (Fsp3) is 0.143. The van der Waals surface area contributed by atoms with Crippen molar-refractivity contribution in [3.63, 3.8) is 0 Å². The lowest BCUT2D eigenvalue weighted by atomic mass is 10.1.